The Morgan fingerprint density at radius 1 is 1.13 bits per heavy atom. The van der Waals surface area contributed by atoms with Crippen molar-refractivity contribution in [3.8, 4) is 5.75 Å². The SMILES string of the molecule is Cc1cccnc1CON=C1CCN(S(=O)(=O)c2ccc(OC(F)(F)F)cc2)CC1. The molecule has 2 aromatic rings. The third-order valence-corrected chi connectivity index (χ3v) is 6.42. The molecule has 1 aliphatic rings. The van der Waals surface area contributed by atoms with Gasteiger partial charge in [-0.15, -0.1) is 13.2 Å². The van der Waals surface area contributed by atoms with Crippen LogP contribution in [0.1, 0.15) is 24.1 Å². The number of piperidine rings is 1. The zero-order chi connectivity index (χ0) is 21.8. The number of hydrogen-bond donors (Lipinski definition) is 0. The average Bonchev–Trinajstić information content (AvgIpc) is 2.69. The normalized spacial score (nSPS) is 15.7. The summed E-state index contributed by atoms with van der Waals surface area (Å²) in [5, 5.41) is 4.09. The second kappa shape index (κ2) is 9.00. The van der Waals surface area contributed by atoms with E-state index < -0.39 is 22.1 Å². The van der Waals surface area contributed by atoms with Crippen LogP contribution in [0.3, 0.4) is 0 Å². The molecule has 0 amide bonds. The van der Waals surface area contributed by atoms with Crippen LogP contribution in [-0.4, -0.2) is 42.9 Å². The fraction of sp³-hybridized carbons (Fsp3) is 0.368. The molecule has 0 N–H and O–H groups in total. The molecule has 1 aliphatic heterocycles. The van der Waals surface area contributed by atoms with Gasteiger partial charge in [-0.1, -0.05) is 11.2 Å². The Bertz CT molecular complexity index is 998. The lowest BCUT2D eigenvalue weighted by molar-refractivity contribution is -0.274. The third kappa shape index (κ3) is 5.70. The predicted molar refractivity (Wildman–Crippen MR) is 102 cm³/mol. The minimum absolute atomic E-state index is 0.0979. The Labute approximate surface area is 172 Å². The van der Waals surface area contributed by atoms with E-state index >= 15 is 0 Å². The summed E-state index contributed by atoms with van der Waals surface area (Å²) in [4.78, 5) is 9.46. The van der Waals surface area contributed by atoms with Gasteiger partial charge in [0.1, 0.15) is 5.75 Å². The number of benzene rings is 1. The van der Waals surface area contributed by atoms with Gasteiger partial charge in [-0.3, -0.25) is 4.98 Å². The smallest absolute Gasteiger partial charge is 0.406 e. The highest BCUT2D eigenvalue weighted by Gasteiger charge is 2.32. The second-order valence-electron chi connectivity index (χ2n) is 6.62. The number of ether oxygens (including phenoxy) is 1. The van der Waals surface area contributed by atoms with Crippen molar-refractivity contribution in [2.24, 2.45) is 5.16 Å². The number of oxime groups is 1. The highest BCUT2D eigenvalue weighted by Crippen LogP contribution is 2.26. The van der Waals surface area contributed by atoms with E-state index in [9.17, 15) is 21.6 Å². The number of sulfonamides is 1. The standard InChI is InChI=1S/C19H20F3N3O4S/c1-14-3-2-10-23-18(14)13-28-24-15-8-11-25(12-9-15)30(26,27)17-6-4-16(5-7-17)29-19(20,21)22/h2-7,10H,8-9,11-13H2,1H3. The van der Waals surface area contributed by atoms with E-state index in [2.05, 4.69) is 14.9 Å². The van der Waals surface area contributed by atoms with Gasteiger partial charge in [0, 0.05) is 32.1 Å². The molecule has 162 valence electrons. The van der Waals surface area contributed by atoms with Crippen molar-refractivity contribution in [3.63, 3.8) is 0 Å². The van der Waals surface area contributed by atoms with Crippen molar-refractivity contribution in [2.75, 3.05) is 13.1 Å². The molecule has 1 fully saturated rings. The van der Waals surface area contributed by atoms with Gasteiger partial charge in [-0.25, -0.2) is 8.42 Å². The molecule has 11 heteroatoms. The Hall–Kier alpha value is -2.66. The maximum Gasteiger partial charge on any atom is 0.573 e. The summed E-state index contributed by atoms with van der Waals surface area (Å²) < 4.78 is 67.2. The van der Waals surface area contributed by atoms with Crippen LogP contribution in [0, 0.1) is 6.92 Å². The van der Waals surface area contributed by atoms with Crippen molar-refractivity contribution in [3.05, 3.63) is 53.9 Å². The first-order valence-electron chi connectivity index (χ1n) is 9.09. The van der Waals surface area contributed by atoms with Crippen molar-refractivity contribution >= 4 is 15.7 Å². The van der Waals surface area contributed by atoms with Gasteiger partial charge in [0.05, 0.1) is 16.3 Å². The first kappa shape index (κ1) is 22.0. The summed E-state index contributed by atoms with van der Waals surface area (Å²) in [5.41, 5.74) is 2.51. The number of alkyl halides is 3. The molecule has 1 saturated heterocycles. The van der Waals surface area contributed by atoms with Crippen LogP contribution in [0.5, 0.6) is 5.75 Å². The lowest BCUT2D eigenvalue weighted by Crippen LogP contribution is -2.38. The Morgan fingerprint density at radius 2 is 1.80 bits per heavy atom. The number of aromatic nitrogens is 1. The predicted octanol–water partition coefficient (Wildman–Crippen LogP) is 3.65. The molecule has 0 radical (unpaired) electrons. The van der Waals surface area contributed by atoms with Crippen molar-refractivity contribution in [2.45, 2.75) is 37.6 Å². The third-order valence-electron chi connectivity index (χ3n) is 4.51. The van der Waals surface area contributed by atoms with Crippen LogP contribution < -0.4 is 4.74 Å². The van der Waals surface area contributed by atoms with E-state index in [1.54, 1.807) is 6.20 Å². The van der Waals surface area contributed by atoms with Gasteiger partial charge >= 0.3 is 6.36 Å². The van der Waals surface area contributed by atoms with E-state index in [1.807, 2.05) is 19.1 Å². The fourth-order valence-electron chi connectivity index (χ4n) is 2.89. The minimum atomic E-state index is -4.83. The molecule has 0 bridgehead atoms. The molecule has 1 aromatic heterocycles. The first-order chi connectivity index (χ1) is 14.1. The molecule has 0 saturated carbocycles. The summed E-state index contributed by atoms with van der Waals surface area (Å²) in [5.74, 6) is -0.477. The molecule has 0 atom stereocenters. The van der Waals surface area contributed by atoms with Crippen LogP contribution >= 0.6 is 0 Å². The molecule has 7 nitrogen and oxygen atoms in total. The molecule has 2 heterocycles. The molecule has 0 unspecified atom stereocenters. The van der Waals surface area contributed by atoms with Crippen molar-refractivity contribution < 1.29 is 31.2 Å². The van der Waals surface area contributed by atoms with Gasteiger partial charge in [-0.05, 0) is 42.8 Å². The molecular weight excluding hydrogens is 423 g/mol. The molecule has 0 spiro atoms. The highest BCUT2D eigenvalue weighted by atomic mass is 32.2. The van der Waals surface area contributed by atoms with Gasteiger partial charge in [0.25, 0.3) is 0 Å². The fourth-order valence-corrected chi connectivity index (χ4v) is 4.33. The lowest BCUT2D eigenvalue weighted by Gasteiger charge is -2.26. The highest BCUT2D eigenvalue weighted by molar-refractivity contribution is 7.89. The minimum Gasteiger partial charge on any atom is -0.406 e. The Morgan fingerprint density at radius 3 is 2.40 bits per heavy atom. The largest absolute Gasteiger partial charge is 0.573 e. The van der Waals surface area contributed by atoms with Gasteiger partial charge < -0.3 is 9.57 Å². The van der Waals surface area contributed by atoms with E-state index in [0.717, 1.165) is 41.2 Å². The summed E-state index contributed by atoms with van der Waals surface area (Å²) >= 11 is 0. The summed E-state index contributed by atoms with van der Waals surface area (Å²) in [6, 6.07) is 7.90. The number of halogens is 3. The Kier molecular flexibility index (Phi) is 6.61. The van der Waals surface area contributed by atoms with Crippen LogP contribution in [0.4, 0.5) is 13.2 Å². The zero-order valence-corrected chi connectivity index (χ0v) is 16.9. The van der Waals surface area contributed by atoms with E-state index in [4.69, 9.17) is 4.84 Å². The number of pyridine rings is 1. The maximum absolute atomic E-state index is 12.7. The van der Waals surface area contributed by atoms with Crippen molar-refractivity contribution in [1.82, 2.24) is 9.29 Å². The number of rotatable bonds is 6. The molecule has 0 aliphatic carbocycles. The summed E-state index contributed by atoms with van der Waals surface area (Å²) in [6.07, 6.45) is -2.37. The maximum atomic E-state index is 12.7. The number of hydrogen-bond acceptors (Lipinski definition) is 6. The summed E-state index contributed by atoms with van der Waals surface area (Å²) in [7, 11) is -3.82. The quantitative estimate of drug-likeness (QED) is 0.637. The number of nitrogens with zero attached hydrogens (tertiary/aromatic N) is 3. The van der Waals surface area contributed by atoms with Gasteiger partial charge in [-0.2, -0.15) is 4.31 Å². The van der Waals surface area contributed by atoms with E-state index in [-0.39, 0.29) is 24.6 Å². The zero-order valence-electron chi connectivity index (χ0n) is 16.1. The summed E-state index contributed by atoms with van der Waals surface area (Å²) in [6.45, 7) is 2.55. The lowest BCUT2D eigenvalue weighted by atomic mass is 10.1. The molecular formula is C19H20F3N3O4S. The molecule has 1 aromatic carbocycles. The van der Waals surface area contributed by atoms with Crippen LogP contribution in [0.2, 0.25) is 0 Å². The van der Waals surface area contributed by atoms with Crippen LogP contribution in [-0.2, 0) is 21.5 Å². The average molecular weight is 443 g/mol. The van der Waals surface area contributed by atoms with E-state index in [1.165, 1.54) is 4.31 Å². The topological polar surface area (TPSA) is 81.1 Å². The van der Waals surface area contributed by atoms with Crippen molar-refractivity contribution in [1.29, 1.82) is 0 Å². The van der Waals surface area contributed by atoms with Gasteiger partial charge in [0.2, 0.25) is 10.0 Å². The first-order valence-corrected chi connectivity index (χ1v) is 10.5. The van der Waals surface area contributed by atoms with Gasteiger partial charge in [0.15, 0.2) is 6.61 Å². The second-order valence-corrected chi connectivity index (χ2v) is 8.56. The van der Waals surface area contributed by atoms with Crippen LogP contribution in [0.15, 0.2) is 52.6 Å². The molecule has 30 heavy (non-hydrogen) atoms. The Balaban J connectivity index is 1.56. The monoisotopic (exact) mass is 443 g/mol. The van der Waals surface area contributed by atoms with Crippen LogP contribution in [0.25, 0.3) is 0 Å². The van der Waals surface area contributed by atoms with E-state index in [0.29, 0.717) is 12.8 Å². The number of aryl methyl sites for hydroxylation is 1. The molecule has 3 rings (SSSR count).